The molecule has 3 rings (SSSR count). The van der Waals surface area contributed by atoms with E-state index in [2.05, 4.69) is 4.90 Å². The van der Waals surface area contributed by atoms with E-state index in [1.165, 1.54) is 13.2 Å². The van der Waals surface area contributed by atoms with Gasteiger partial charge in [0.15, 0.2) is 11.6 Å². The van der Waals surface area contributed by atoms with E-state index in [-0.39, 0.29) is 42.3 Å². The Balaban J connectivity index is 0.00000210. The molecule has 1 aliphatic heterocycles. The van der Waals surface area contributed by atoms with Crippen molar-refractivity contribution in [2.45, 2.75) is 19.0 Å². The third-order valence-corrected chi connectivity index (χ3v) is 4.92. The van der Waals surface area contributed by atoms with Crippen LogP contribution in [0.4, 0.5) is 4.39 Å². The zero-order valence-corrected chi connectivity index (χ0v) is 18.1. The van der Waals surface area contributed by atoms with Crippen molar-refractivity contribution in [2.24, 2.45) is 5.73 Å². The van der Waals surface area contributed by atoms with Gasteiger partial charge in [-0.15, -0.1) is 24.8 Å². The van der Waals surface area contributed by atoms with Crippen molar-refractivity contribution in [3.63, 3.8) is 0 Å². The number of amides is 1. The Morgan fingerprint density at radius 2 is 1.72 bits per heavy atom. The average Bonchev–Trinajstić information content (AvgIpc) is 2.69. The highest BCUT2D eigenvalue weighted by atomic mass is 35.5. The summed E-state index contributed by atoms with van der Waals surface area (Å²) in [6.45, 7) is 3.42. The Kier molecular flexibility index (Phi) is 10.4. The monoisotopic (exact) mass is 443 g/mol. The second-order valence-corrected chi connectivity index (χ2v) is 6.87. The molecular formula is C21H28Cl2FN3O2. The molecule has 0 aromatic heterocycles. The van der Waals surface area contributed by atoms with E-state index >= 15 is 0 Å². The molecule has 1 unspecified atom stereocenters. The molecule has 29 heavy (non-hydrogen) atoms. The Morgan fingerprint density at radius 3 is 2.31 bits per heavy atom. The number of benzene rings is 2. The highest BCUT2D eigenvalue weighted by molar-refractivity contribution is 5.85. The van der Waals surface area contributed by atoms with Gasteiger partial charge in [0.1, 0.15) is 0 Å². The van der Waals surface area contributed by atoms with Gasteiger partial charge in [-0.2, -0.15) is 0 Å². The SMILES string of the molecule is COc1ccc(CN2CCN(C(=O)C(N)Cc3ccccc3)CC2)cc1F.Cl.Cl. The second-order valence-electron chi connectivity index (χ2n) is 6.87. The van der Waals surface area contributed by atoms with E-state index in [4.69, 9.17) is 10.5 Å². The molecule has 0 saturated carbocycles. The minimum atomic E-state index is -0.519. The molecule has 2 aromatic rings. The molecule has 2 N–H and O–H groups in total. The predicted molar refractivity (Wildman–Crippen MR) is 117 cm³/mol. The summed E-state index contributed by atoms with van der Waals surface area (Å²) < 4.78 is 18.8. The fraction of sp³-hybridized carbons (Fsp3) is 0.381. The zero-order valence-electron chi connectivity index (χ0n) is 16.4. The third kappa shape index (κ3) is 6.85. The first-order valence-electron chi connectivity index (χ1n) is 9.20. The summed E-state index contributed by atoms with van der Waals surface area (Å²) >= 11 is 0. The minimum Gasteiger partial charge on any atom is -0.494 e. The molecule has 2 aromatic carbocycles. The highest BCUT2D eigenvalue weighted by Gasteiger charge is 2.25. The van der Waals surface area contributed by atoms with Gasteiger partial charge in [0.05, 0.1) is 13.2 Å². The molecule has 1 aliphatic rings. The van der Waals surface area contributed by atoms with Gasteiger partial charge in [0.2, 0.25) is 5.91 Å². The predicted octanol–water partition coefficient (Wildman–Crippen LogP) is 2.89. The van der Waals surface area contributed by atoms with Gasteiger partial charge in [0.25, 0.3) is 0 Å². The molecule has 1 amide bonds. The molecule has 0 spiro atoms. The van der Waals surface area contributed by atoms with Gasteiger partial charge < -0.3 is 15.4 Å². The Bertz CT molecular complexity index is 772. The average molecular weight is 444 g/mol. The summed E-state index contributed by atoms with van der Waals surface area (Å²) in [6.07, 6.45) is 0.547. The van der Waals surface area contributed by atoms with Gasteiger partial charge in [-0.1, -0.05) is 36.4 Å². The van der Waals surface area contributed by atoms with Crippen molar-refractivity contribution >= 4 is 30.7 Å². The topological polar surface area (TPSA) is 58.8 Å². The van der Waals surface area contributed by atoms with Crippen molar-refractivity contribution < 1.29 is 13.9 Å². The van der Waals surface area contributed by atoms with Crippen molar-refractivity contribution in [3.05, 3.63) is 65.5 Å². The maximum Gasteiger partial charge on any atom is 0.239 e. The van der Waals surface area contributed by atoms with Crippen molar-refractivity contribution in [3.8, 4) is 5.75 Å². The largest absolute Gasteiger partial charge is 0.494 e. The van der Waals surface area contributed by atoms with Crippen LogP contribution in [-0.4, -0.2) is 55.0 Å². The highest BCUT2D eigenvalue weighted by Crippen LogP contribution is 2.19. The number of methoxy groups -OCH3 is 1. The maximum atomic E-state index is 13.8. The van der Waals surface area contributed by atoms with Crippen LogP contribution in [-0.2, 0) is 17.8 Å². The molecule has 8 heteroatoms. The lowest BCUT2D eigenvalue weighted by atomic mass is 10.1. The van der Waals surface area contributed by atoms with Crippen molar-refractivity contribution in [2.75, 3.05) is 33.3 Å². The van der Waals surface area contributed by atoms with Crippen LogP contribution in [0.1, 0.15) is 11.1 Å². The number of piperazine rings is 1. The first-order chi connectivity index (χ1) is 13.1. The van der Waals surface area contributed by atoms with Crippen LogP contribution in [0.5, 0.6) is 5.75 Å². The molecule has 1 fully saturated rings. The first kappa shape index (κ1) is 25.2. The minimum absolute atomic E-state index is 0. The second kappa shape index (κ2) is 12.0. The van der Waals surface area contributed by atoms with Crippen LogP contribution < -0.4 is 10.5 Å². The summed E-state index contributed by atoms with van der Waals surface area (Å²) in [5.74, 6) is -0.105. The number of halogens is 3. The van der Waals surface area contributed by atoms with E-state index < -0.39 is 6.04 Å². The lowest BCUT2D eigenvalue weighted by Gasteiger charge is -2.36. The number of nitrogens with zero attached hydrogens (tertiary/aromatic N) is 2. The number of hydrogen-bond acceptors (Lipinski definition) is 4. The van der Waals surface area contributed by atoms with Crippen LogP contribution in [0.15, 0.2) is 48.5 Å². The standard InChI is InChI=1S/C21H26FN3O2.2ClH/c1-27-20-8-7-17(13-18(20)22)15-24-9-11-25(12-10-24)21(26)19(23)14-16-5-3-2-4-6-16;;/h2-8,13,19H,9-12,14-15,23H2,1H3;2*1H. The van der Waals surface area contributed by atoms with E-state index in [1.54, 1.807) is 6.07 Å². The van der Waals surface area contributed by atoms with Gasteiger partial charge in [-0.25, -0.2) is 4.39 Å². The lowest BCUT2D eigenvalue weighted by Crippen LogP contribution is -2.53. The summed E-state index contributed by atoms with van der Waals surface area (Å²) in [7, 11) is 1.46. The molecule has 1 saturated heterocycles. The van der Waals surface area contributed by atoms with Crippen LogP contribution >= 0.6 is 24.8 Å². The van der Waals surface area contributed by atoms with Crippen LogP contribution in [0.25, 0.3) is 0 Å². The number of nitrogens with two attached hydrogens (primary N) is 1. The van der Waals surface area contributed by atoms with E-state index in [9.17, 15) is 9.18 Å². The molecule has 0 radical (unpaired) electrons. The van der Waals surface area contributed by atoms with Gasteiger partial charge >= 0.3 is 0 Å². The molecular weight excluding hydrogens is 416 g/mol. The maximum absolute atomic E-state index is 13.8. The quantitative estimate of drug-likeness (QED) is 0.745. The molecule has 0 bridgehead atoms. The number of rotatable bonds is 6. The Hall–Kier alpha value is -1.86. The van der Waals surface area contributed by atoms with Gasteiger partial charge in [-0.05, 0) is 29.7 Å². The lowest BCUT2D eigenvalue weighted by molar-refractivity contribution is -0.134. The summed E-state index contributed by atoms with van der Waals surface area (Å²) in [6, 6.07) is 14.3. The van der Waals surface area contributed by atoms with Gasteiger partial charge in [0, 0.05) is 32.7 Å². The number of carbonyl (C=O) groups excluding carboxylic acids is 1. The number of hydrogen-bond donors (Lipinski definition) is 1. The molecule has 160 valence electrons. The fourth-order valence-corrected chi connectivity index (χ4v) is 3.38. The fourth-order valence-electron chi connectivity index (χ4n) is 3.38. The van der Waals surface area contributed by atoms with Gasteiger partial charge in [-0.3, -0.25) is 9.69 Å². The zero-order chi connectivity index (χ0) is 19.2. The Morgan fingerprint density at radius 1 is 1.07 bits per heavy atom. The van der Waals surface area contributed by atoms with E-state index in [0.29, 0.717) is 26.1 Å². The van der Waals surface area contributed by atoms with Crippen LogP contribution in [0.3, 0.4) is 0 Å². The van der Waals surface area contributed by atoms with Crippen molar-refractivity contribution in [1.29, 1.82) is 0 Å². The first-order valence-corrected chi connectivity index (χ1v) is 9.20. The third-order valence-electron chi connectivity index (χ3n) is 4.92. The molecule has 1 heterocycles. The molecule has 0 aliphatic carbocycles. The number of carbonyl (C=O) groups is 1. The van der Waals surface area contributed by atoms with E-state index in [1.807, 2.05) is 41.3 Å². The van der Waals surface area contributed by atoms with Crippen LogP contribution in [0.2, 0.25) is 0 Å². The summed E-state index contributed by atoms with van der Waals surface area (Å²) in [4.78, 5) is 16.6. The molecule has 5 nitrogen and oxygen atoms in total. The summed E-state index contributed by atoms with van der Waals surface area (Å²) in [5, 5.41) is 0. The van der Waals surface area contributed by atoms with Crippen LogP contribution in [0, 0.1) is 5.82 Å². The van der Waals surface area contributed by atoms with E-state index in [0.717, 1.165) is 24.2 Å². The molecule has 1 atom stereocenters. The van der Waals surface area contributed by atoms with Crippen molar-refractivity contribution in [1.82, 2.24) is 9.80 Å². The normalized spacial score (nSPS) is 15.1. The Labute approximate surface area is 183 Å². The summed E-state index contributed by atoms with van der Waals surface area (Å²) in [5.41, 5.74) is 8.09. The number of ether oxygens (including phenoxy) is 1. The smallest absolute Gasteiger partial charge is 0.239 e.